The molecule has 0 heterocycles. The molecule has 1 rings (SSSR count). The maximum absolute atomic E-state index is 11.7. The lowest BCUT2D eigenvalue weighted by Crippen LogP contribution is -2.23. The summed E-state index contributed by atoms with van der Waals surface area (Å²) >= 11 is 0. The first-order valence-electron chi connectivity index (χ1n) is 5.21. The zero-order chi connectivity index (χ0) is 12.7. The zero-order valence-electron chi connectivity index (χ0n) is 9.61. The van der Waals surface area contributed by atoms with Crippen LogP contribution in [0.4, 0.5) is 5.69 Å². The molecule has 0 aliphatic rings. The molecule has 4 heteroatoms. The number of nitrogens with two attached hydrogens (primary N) is 1. The van der Waals surface area contributed by atoms with Crippen LogP contribution in [0.25, 0.3) is 0 Å². The Morgan fingerprint density at radius 2 is 2.18 bits per heavy atom. The Kier molecular flexibility index (Phi) is 4.81. The van der Waals surface area contributed by atoms with Crippen LogP contribution in [0.1, 0.15) is 10.4 Å². The minimum absolute atomic E-state index is 0.187. The van der Waals surface area contributed by atoms with Gasteiger partial charge in [-0.3, -0.25) is 4.79 Å². The predicted molar refractivity (Wildman–Crippen MR) is 69.1 cm³/mol. The summed E-state index contributed by atoms with van der Waals surface area (Å²) < 4.78 is 5.34. The summed E-state index contributed by atoms with van der Waals surface area (Å²) in [7, 11) is 0. The van der Waals surface area contributed by atoms with Gasteiger partial charge in [-0.1, -0.05) is 18.7 Å². The lowest BCUT2D eigenvalue weighted by molar-refractivity contribution is 0.0957. The molecule has 0 saturated carbocycles. The molecule has 4 nitrogen and oxygen atoms in total. The summed E-state index contributed by atoms with van der Waals surface area (Å²) in [6.45, 7) is 7.85. The summed E-state index contributed by atoms with van der Waals surface area (Å²) in [5, 5.41) is 2.68. The van der Waals surface area contributed by atoms with E-state index in [1.807, 2.05) is 0 Å². The second-order valence-electron chi connectivity index (χ2n) is 3.35. The maximum atomic E-state index is 11.7. The van der Waals surface area contributed by atoms with E-state index in [2.05, 4.69) is 18.5 Å². The van der Waals surface area contributed by atoms with Gasteiger partial charge in [0.25, 0.3) is 5.91 Å². The van der Waals surface area contributed by atoms with Crippen LogP contribution < -0.4 is 15.8 Å². The van der Waals surface area contributed by atoms with Gasteiger partial charge in [-0.05, 0) is 18.2 Å². The quantitative estimate of drug-likeness (QED) is 0.580. The minimum atomic E-state index is -0.187. The van der Waals surface area contributed by atoms with Gasteiger partial charge in [0.05, 0.1) is 5.69 Å². The molecule has 90 valence electrons. The van der Waals surface area contributed by atoms with Crippen molar-refractivity contribution >= 4 is 11.6 Å². The van der Waals surface area contributed by atoms with Gasteiger partial charge in [0.2, 0.25) is 0 Å². The summed E-state index contributed by atoms with van der Waals surface area (Å²) in [6.07, 6.45) is 3.23. The van der Waals surface area contributed by atoms with Crippen LogP contribution in [0.15, 0.2) is 43.5 Å². The van der Waals surface area contributed by atoms with E-state index in [0.29, 0.717) is 30.2 Å². The van der Waals surface area contributed by atoms with E-state index < -0.39 is 0 Å². The van der Waals surface area contributed by atoms with E-state index in [1.54, 1.807) is 30.4 Å². The molecule has 0 spiro atoms. The lowest BCUT2D eigenvalue weighted by atomic mass is 10.2. The molecule has 0 aliphatic carbocycles. The number of hydrogen-bond donors (Lipinski definition) is 2. The number of ether oxygens (including phenoxy) is 1. The topological polar surface area (TPSA) is 64.4 Å². The Morgan fingerprint density at radius 3 is 2.82 bits per heavy atom. The fourth-order valence-corrected chi connectivity index (χ4v) is 1.22. The summed E-state index contributed by atoms with van der Waals surface area (Å²) in [6, 6.07) is 4.90. The number of amides is 1. The third-order valence-electron chi connectivity index (χ3n) is 2.04. The van der Waals surface area contributed by atoms with Crippen LogP contribution in [0, 0.1) is 0 Å². The van der Waals surface area contributed by atoms with E-state index in [4.69, 9.17) is 10.5 Å². The number of benzene rings is 1. The number of carbonyl (C=O) groups is 1. The van der Waals surface area contributed by atoms with Crippen molar-refractivity contribution in [3.63, 3.8) is 0 Å². The van der Waals surface area contributed by atoms with Crippen LogP contribution in [-0.2, 0) is 0 Å². The molecule has 0 unspecified atom stereocenters. The van der Waals surface area contributed by atoms with E-state index in [0.717, 1.165) is 0 Å². The molecule has 0 fully saturated rings. The monoisotopic (exact) mass is 232 g/mol. The predicted octanol–water partition coefficient (Wildman–Crippen LogP) is 1.75. The molecular formula is C13H16N2O2. The van der Waals surface area contributed by atoms with Gasteiger partial charge < -0.3 is 15.8 Å². The van der Waals surface area contributed by atoms with Gasteiger partial charge in [-0.25, -0.2) is 0 Å². The first-order chi connectivity index (χ1) is 8.19. The van der Waals surface area contributed by atoms with E-state index in [1.165, 1.54) is 0 Å². The number of carbonyl (C=O) groups excluding carboxylic acids is 1. The fourth-order valence-electron chi connectivity index (χ4n) is 1.22. The van der Waals surface area contributed by atoms with E-state index >= 15 is 0 Å². The first-order valence-corrected chi connectivity index (χ1v) is 5.21. The summed E-state index contributed by atoms with van der Waals surface area (Å²) in [4.78, 5) is 11.7. The molecule has 3 N–H and O–H groups in total. The average molecular weight is 232 g/mol. The van der Waals surface area contributed by atoms with Gasteiger partial charge in [-0.2, -0.15) is 0 Å². The smallest absolute Gasteiger partial charge is 0.251 e. The van der Waals surface area contributed by atoms with Gasteiger partial charge in [0.15, 0.2) is 0 Å². The van der Waals surface area contributed by atoms with Crippen LogP contribution >= 0.6 is 0 Å². The zero-order valence-corrected chi connectivity index (χ0v) is 9.61. The van der Waals surface area contributed by atoms with Crippen molar-refractivity contribution in [3.8, 4) is 5.75 Å². The first kappa shape index (κ1) is 12.8. The minimum Gasteiger partial charge on any atom is -0.487 e. The van der Waals surface area contributed by atoms with E-state index in [-0.39, 0.29) is 5.91 Å². The fraction of sp³-hybridized carbons (Fsp3) is 0.154. The van der Waals surface area contributed by atoms with Crippen LogP contribution in [-0.4, -0.2) is 19.1 Å². The maximum Gasteiger partial charge on any atom is 0.251 e. The Hall–Kier alpha value is -2.23. The number of rotatable bonds is 6. The molecule has 0 radical (unpaired) electrons. The molecule has 0 atom stereocenters. The van der Waals surface area contributed by atoms with Crippen molar-refractivity contribution in [1.29, 1.82) is 0 Å². The Morgan fingerprint density at radius 1 is 1.41 bits per heavy atom. The van der Waals surface area contributed by atoms with Crippen LogP contribution in [0.5, 0.6) is 5.75 Å². The Bertz CT molecular complexity index is 427. The Labute approximate surface area is 101 Å². The molecule has 1 aromatic carbocycles. The van der Waals surface area contributed by atoms with Gasteiger partial charge >= 0.3 is 0 Å². The third-order valence-corrected chi connectivity index (χ3v) is 2.04. The van der Waals surface area contributed by atoms with Crippen LogP contribution in [0.2, 0.25) is 0 Å². The van der Waals surface area contributed by atoms with Crippen molar-refractivity contribution in [3.05, 3.63) is 49.1 Å². The molecule has 0 bridgehead atoms. The lowest BCUT2D eigenvalue weighted by Gasteiger charge is -2.09. The molecule has 17 heavy (non-hydrogen) atoms. The van der Waals surface area contributed by atoms with Crippen molar-refractivity contribution in [2.45, 2.75) is 0 Å². The molecular weight excluding hydrogens is 216 g/mol. The normalized spacial score (nSPS) is 9.41. The van der Waals surface area contributed by atoms with Crippen molar-refractivity contribution in [2.24, 2.45) is 0 Å². The Balaban J connectivity index is 2.83. The van der Waals surface area contributed by atoms with Crippen molar-refractivity contribution in [2.75, 3.05) is 18.9 Å². The molecule has 1 aromatic rings. The third kappa shape index (κ3) is 3.68. The van der Waals surface area contributed by atoms with Gasteiger partial charge in [-0.15, -0.1) is 6.58 Å². The largest absolute Gasteiger partial charge is 0.487 e. The highest BCUT2D eigenvalue weighted by atomic mass is 16.5. The highest BCUT2D eigenvalue weighted by Crippen LogP contribution is 2.22. The highest BCUT2D eigenvalue weighted by molar-refractivity contribution is 5.95. The number of hydrogen-bond acceptors (Lipinski definition) is 3. The summed E-state index contributed by atoms with van der Waals surface area (Å²) in [5.41, 5.74) is 6.72. The second-order valence-corrected chi connectivity index (χ2v) is 3.35. The van der Waals surface area contributed by atoms with Crippen LogP contribution in [0.3, 0.4) is 0 Å². The SMILES string of the molecule is C=CCNC(=O)c1ccc(N)c(OCC=C)c1. The van der Waals surface area contributed by atoms with Crippen molar-refractivity contribution < 1.29 is 9.53 Å². The number of nitrogens with one attached hydrogen (secondary N) is 1. The standard InChI is InChI=1S/C13H16N2O2/c1-3-7-15-13(16)10-5-6-11(14)12(9-10)17-8-4-2/h3-6,9H,1-2,7-8,14H2,(H,15,16). The highest BCUT2D eigenvalue weighted by Gasteiger charge is 2.08. The van der Waals surface area contributed by atoms with Gasteiger partial charge in [0.1, 0.15) is 12.4 Å². The molecule has 0 aliphatic heterocycles. The summed E-state index contributed by atoms with van der Waals surface area (Å²) in [5.74, 6) is 0.296. The number of nitrogen functional groups attached to an aromatic ring is 1. The van der Waals surface area contributed by atoms with Gasteiger partial charge in [0, 0.05) is 12.1 Å². The molecule has 0 aromatic heterocycles. The molecule has 1 amide bonds. The van der Waals surface area contributed by atoms with Crippen molar-refractivity contribution in [1.82, 2.24) is 5.32 Å². The number of anilines is 1. The average Bonchev–Trinajstić information content (AvgIpc) is 2.35. The molecule has 0 saturated heterocycles. The second kappa shape index (κ2) is 6.37. The van der Waals surface area contributed by atoms with E-state index in [9.17, 15) is 4.79 Å².